The van der Waals surface area contributed by atoms with Crippen LogP contribution in [0.25, 0.3) is 16.8 Å². The molecular weight excluding hydrogens is 326 g/mol. The zero-order valence-corrected chi connectivity index (χ0v) is 13.8. The van der Waals surface area contributed by atoms with E-state index in [9.17, 15) is 4.79 Å². The van der Waals surface area contributed by atoms with Crippen LogP contribution in [0.4, 0.5) is 0 Å². The lowest BCUT2D eigenvalue weighted by molar-refractivity contribution is -0.139. The van der Waals surface area contributed by atoms with Crippen LogP contribution < -0.4 is 4.74 Å². The van der Waals surface area contributed by atoms with Crippen LogP contribution in [0.15, 0.2) is 58.5 Å². The number of aromatic nitrogens is 1. The summed E-state index contributed by atoms with van der Waals surface area (Å²) in [4.78, 5) is 17.0. The van der Waals surface area contributed by atoms with Crippen molar-refractivity contribution in [3.63, 3.8) is 0 Å². The second kappa shape index (κ2) is 7.61. The zero-order chi connectivity index (χ0) is 16.8. The number of para-hydroxylation sites is 1. The molecule has 122 valence electrons. The Bertz CT molecular complexity index is 836. The van der Waals surface area contributed by atoms with Crippen molar-refractivity contribution in [1.82, 2.24) is 4.98 Å². The Labute approximate surface area is 143 Å². The van der Waals surface area contributed by atoms with Crippen LogP contribution in [0.5, 0.6) is 5.75 Å². The number of ether oxygens (including phenoxy) is 2. The highest BCUT2D eigenvalue weighted by molar-refractivity contribution is 7.13. The molecule has 1 aromatic carbocycles. The maximum atomic E-state index is 11.8. The topological polar surface area (TPSA) is 61.6 Å². The number of rotatable bonds is 6. The Morgan fingerprint density at radius 3 is 2.96 bits per heavy atom. The summed E-state index contributed by atoms with van der Waals surface area (Å²) in [6.07, 6.45) is 4.51. The molecule has 2 aromatic heterocycles. The quantitative estimate of drug-likeness (QED) is 0.497. The van der Waals surface area contributed by atoms with E-state index in [1.54, 1.807) is 13.2 Å². The summed E-state index contributed by atoms with van der Waals surface area (Å²) < 4.78 is 15.8. The van der Waals surface area contributed by atoms with E-state index in [0.717, 1.165) is 10.4 Å². The number of esters is 1. The molecule has 0 aliphatic carbocycles. The number of oxazole rings is 1. The maximum Gasteiger partial charge on any atom is 0.331 e. The maximum absolute atomic E-state index is 11.8. The number of nitrogens with zero attached hydrogens (tertiary/aromatic N) is 1. The Balaban J connectivity index is 1.57. The van der Waals surface area contributed by atoms with Crippen LogP contribution in [0, 0.1) is 0 Å². The summed E-state index contributed by atoms with van der Waals surface area (Å²) in [5.41, 5.74) is 1.37. The van der Waals surface area contributed by atoms with Gasteiger partial charge in [-0.25, -0.2) is 9.78 Å². The van der Waals surface area contributed by atoms with Gasteiger partial charge in [-0.1, -0.05) is 24.3 Å². The van der Waals surface area contributed by atoms with E-state index in [1.165, 1.54) is 23.7 Å². The first-order chi connectivity index (χ1) is 11.8. The first-order valence-electron chi connectivity index (χ1n) is 7.22. The summed E-state index contributed by atoms with van der Waals surface area (Å²) in [5.74, 6) is 0.765. The van der Waals surface area contributed by atoms with Crippen molar-refractivity contribution in [3.8, 4) is 16.5 Å². The van der Waals surface area contributed by atoms with Crippen molar-refractivity contribution >= 4 is 23.4 Å². The number of carbonyl (C=O) groups is 1. The van der Waals surface area contributed by atoms with Gasteiger partial charge in [-0.3, -0.25) is 0 Å². The third-order valence-corrected chi connectivity index (χ3v) is 4.04. The monoisotopic (exact) mass is 341 g/mol. The lowest BCUT2D eigenvalue weighted by atomic mass is 10.2. The molecule has 2 heterocycles. The van der Waals surface area contributed by atoms with Gasteiger partial charge in [0.05, 0.1) is 12.0 Å². The predicted molar refractivity (Wildman–Crippen MR) is 91.6 cm³/mol. The van der Waals surface area contributed by atoms with E-state index in [1.807, 2.05) is 41.8 Å². The fraction of sp³-hybridized carbons (Fsp3) is 0.111. The second-order valence-electron chi connectivity index (χ2n) is 4.80. The van der Waals surface area contributed by atoms with Crippen molar-refractivity contribution in [2.24, 2.45) is 0 Å². The Morgan fingerprint density at radius 1 is 1.29 bits per heavy atom. The minimum Gasteiger partial charge on any atom is -0.496 e. The van der Waals surface area contributed by atoms with Crippen LogP contribution in [-0.4, -0.2) is 18.1 Å². The Morgan fingerprint density at radius 2 is 2.17 bits per heavy atom. The molecule has 5 nitrogen and oxygen atoms in total. The van der Waals surface area contributed by atoms with Crippen LogP contribution >= 0.6 is 11.3 Å². The zero-order valence-electron chi connectivity index (χ0n) is 13.0. The third-order valence-electron chi connectivity index (χ3n) is 3.18. The lowest BCUT2D eigenvalue weighted by Gasteiger charge is -2.03. The van der Waals surface area contributed by atoms with E-state index in [0.29, 0.717) is 17.3 Å². The van der Waals surface area contributed by atoms with Crippen molar-refractivity contribution in [2.45, 2.75) is 6.61 Å². The molecule has 3 aromatic rings. The largest absolute Gasteiger partial charge is 0.496 e. The molecule has 0 amide bonds. The molecule has 0 aliphatic rings. The van der Waals surface area contributed by atoms with Gasteiger partial charge in [0.25, 0.3) is 0 Å². The van der Waals surface area contributed by atoms with E-state index in [4.69, 9.17) is 13.9 Å². The summed E-state index contributed by atoms with van der Waals surface area (Å²) >= 11 is 1.54. The first-order valence-corrected chi connectivity index (χ1v) is 8.10. The lowest BCUT2D eigenvalue weighted by Crippen LogP contribution is -2.01. The molecule has 0 saturated carbocycles. The van der Waals surface area contributed by atoms with E-state index >= 15 is 0 Å². The minimum atomic E-state index is -0.457. The molecule has 24 heavy (non-hydrogen) atoms. The van der Waals surface area contributed by atoms with Gasteiger partial charge >= 0.3 is 5.97 Å². The summed E-state index contributed by atoms with van der Waals surface area (Å²) in [7, 11) is 1.58. The summed E-state index contributed by atoms with van der Waals surface area (Å²) in [6, 6.07) is 11.3. The predicted octanol–water partition coefficient (Wildman–Crippen LogP) is 4.17. The van der Waals surface area contributed by atoms with Crippen LogP contribution in [0.1, 0.15) is 11.3 Å². The molecule has 0 fully saturated rings. The first kappa shape index (κ1) is 16.0. The molecule has 0 N–H and O–H groups in total. The number of thiophene rings is 1. The van der Waals surface area contributed by atoms with Crippen molar-refractivity contribution in [2.75, 3.05) is 7.11 Å². The summed E-state index contributed by atoms with van der Waals surface area (Å²) in [5, 5.41) is 1.95. The van der Waals surface area contributed by atoms with Crippen molar-refractivity contribution < 1.29 is 18.7 Å². The van der Waals surface area contributed by atoms with Crippen molar-refractivity contribution in [1.29, 1.82) is 0 Å². The average molecular weight is 341 g/mol. The fourth-order valence-corrected chi connectivity index (χ4v) is 2.70. The Hall–Kier alpha value is -2.86. The van der Waals surface area contributed by atoms with Gasteiger partial charge in [-0.2, -0.15) is 0 Å². The van der Waals surface area contributed by atoms with Gasteiger partial charge in [0, 0.05) is 11.6 Å². The molecular formula is C18H15NO4S. The van der Waals surface area contributed by atoms with Gasteiger partial charge in [0.2, 0.25) is 5.89 Å². The number of hydrogen-bond donors (Lipinski definition) is 0. The molecule has 0 aliphatic heterocycles. The molecule has 6 heteroatoms. The number of hydrogen-bond acceptors (Lipinski definition) is 6. The number of benzene rings is 1. The third kappa shape index (κ3) is 3.91. The highest BCUT2D eigenvalue weighted by Crippen LogP contribution is 2.24. The van der Waals surface area contributed by atoms with E-state index in [-0.39, 0.29) is 6.61 Å². The highest BCUT2D eigenvalue weighted by Gasteiger charge is 2.09. The van der Waals surface area contributed by atoms with Gasteiger partial charge in [0.1, 0.15) is 24.3 Å². The normalized spacial score (nSPS) is 10.9. The van der Waals surface area contributed by atoms with E-state index < -0.39 is 5.97 Å². The molecule has 0 spiro atoms. The molecule has 3 rings (SSSR count). The van der Waals surface area contributed by atoms with Gasteiger partial charge < -0.3 is 13.9 Å². The van der Waals surface area contributed by atoms with Crippen LogP contribution in [0.3, 0.4) is 0 Å². The summed E-state index contributed by atoms with van der Waals surface area (Å²) in [6.45, 7) is 0.0595. The second-order valence-corrected chi connectivity index (χ2v) is 5.75. The Kier molecular flexibility index (Phi) is 5.08. The van der Waals surface area contributed by atoms with E-state index in [2.05, 4.69) is 4.98 Å². The van der Waals surface area contributed by atoms with Crippen LogP contribution in [0.2, 0.25) is 0 Å². The SMILES string of the molecule is COc1ccccc1/C=C/C(=O)OCc1coc(-c2cccs2)n1. The smallest absolute Gasteiger partial charge is 0.331 e. The van der Waals surface area contributed by atoms with Gasteiger partial charge in [0.15, 0.2) is 0 Å². The van der Waals surface area contributed by atoms with Crippen LogP contribution in [-0.2, 0) is 16.1 Å². The molecule has 0 atom stereocenters. The molecule has 0 saturated heterocycles. The number of carbonyl (C=O) groups excluding carboxylic acids is 1. The number of methoxy groups -OCH3 is 1. The highest BCUT2D eigenvalue weighted by atomic mass is 32.1. The average Bonchev–Trinajstić information content (AvgIpc) is 3.29. The van der Waals surface area contributed by atoms with Gasteiger partial charge in [-0.15, -0.1) is 11.3 Å². The molecule has 0 radical (unpaired) electrons. The molecule has 0 bridgehead atoms. The standard InChI is InChI=1S/C18H15NO4S/c1-21-15-6-3-2-5-13(15)8-9-17(20)22-11-14-12-23-18(19-14)16-7-4-10-24-16/h2-10,12H,11H2,1H3/b9-8+. The van der Waals surface area contributed by atoms with Crippen molar-refractivity contribution in [3.05, 3.63) is 65.4 Å². The molecule has 0 unspecified atom stereocenters. The fourth-order valence-electron chi connectivity index (χ4n) is 2.04. The minimum absolute atomic E-state index is 0.0595. The van der Waals surface area contributed by atoms with Gasteiger partial charge in [-0.05, 0) is 23.6 Å².